The van der Waals surface area contributed by atoms with Gasteiger partial charge in [0.1, 0.15) is 22.8 Å². The van der Waals surface area contributed by atoms with Gasteiger partial charge in [0, 0.05) is 17.6 Å². The highest BCUT2D eigenvalue weighted by molar-refractivity contribution is 6.25. The van der Waals surface area contributed by atoms with Gasteiger partial charge in [-0.15, -0.1) is 5.92 Å². The van der Waals surface area contributed by atoms with Crippen molar-refractivity contribution in [2.75, 3.05) is 0 Å². The van der Waals surface area contributed by atoms with E-state index < -0.39 is 58.0 Å². The number of aliphatic hydroxyl groups excluding tert-OH is 2. The van der Waals surface area contributed by atoms with Crippen molar-refractivity contribution in [2.24, 2.45) is 17.4 Å². The number of Topliss-reactive ketones (excluding diaryl/α,β-unsaturated/α-hetero) is 2. The van der Waals surface area contributed by atoms with Crippen molar-refractivity contribution >= 4 is 17.5 Å². The number of fused-ring (bicyclic) bond motifs is 3. The minimum absolute atomic E-state index is 0.0806. The Bertz CT molecular complexity index is 1220. The van der Waals surface area contributed by atoms with Gasteiger partial charge in [-0.05, 0) is 43.4 Å². The zero-order chi connectivity index (χ0) is 22.9. The van der Waals surface area contributed by atoms with Gasteiger partial charge in [-0.2, -0.15) is 0 Å². The first-order valence-corrected chi connectivity index (χ1v) is 9.51. The Kier molecular flexibility index (Phi) is 4.29. The molecule has 0 saturated carbocycles. The van der Waals surface area contributed by atoms with E-state index in [-0.39, 0.29) is 29.7 Å². The second-order valence-corrected chi connectivity index (χ2v) is 8.12. The third kappa shape index (κ3) is 2.49. The topological polar surface area (TPSA) is 184 Å². The molecule has 160 valence electrons. The molecular weight excluding hydrogens is 404 g/mol. The normalized spacial score (nSPS) is 29.6. The Balaban J connectivity index is 1.98. The first-order chi connectivity index (χ1) is 14.5. The maximum atomic E-state index is 13.3. The molecule has 31 heavy (non-hydrogen) atoms. The number of phenolic OH excluding ortho intramolecular Hbond substituents is 1. The van der Waals surface area contributed by atoms with Crippen molar-refractivity contribution in [1.82, 2.24) is 0 Å². The summed E-state index contributed by atoms with van der Waals surface area (Å²) in [6, 6.07) is 2.87. The maximum absolute atomic E-state index is 13.3. The molecule has 3 aliphatic rings. The number of ketones is 2. The van der Waals surface area contributed by atoms with Gasteiger partial charge in [0.2, 0.25) is 11.4 Å². The molecule has 9 heteroatoms. The number of amides is 1. The van der Waals surface area contributed by atoms with Crippen LogP contribution < -0.4 is 11.5 Å². The van der Waals surface area contributed by atoms with Crippen LogP contribution in [0.5, 0.6) is 5.75 Å². The molecule has 0 bridgehead atoms. The lowest BCUT2D eigenvalue weighted by Crippen LogP contribution is -2.71. The minimum Gasteiger partial charge on any atom is -0.511 e. The van der Waals surface area contributed by atoms with Gasteiger partial charge < -0.3 is 31.9 Å². The lowest BCUT2D eigenvalue weighted by Gasteiger charge is -2.51. The number of primary amides is 1. The Morgan fingerprint density at radius 1 is 1.23 bits per heavy atom. The van der Waals surface area contributed by atoms with Crippen LogP contribution >= 0.6 is 0 Å². The van der Waals surface area contributed by atoms with E-state index in [9.17, 15) is 34.8 Å². The predicted octanol–water partition coefficient (Wildman–Crippen LogP) is 0.0332. The van der Waals surface area contributed by atoms with Gasteiger partial charge in [-0.1, -0.05) is 5.92 Å². The number of carbonyl (C=O) groups is 3. The standard InChI is InChI=1S/C22H20N2O7/c1-2-3-9-4-5-12(25)15-11(9)6-10-7-21(24)8-13(26)16(20(23)30)19(29)22(21,31)18(28)14(10)17(15)27/h4-5,10,25-26,28,31H,6-8,24H2,1H3,(H2,23,30)/t10-,21+,22-/m0/s1. The molecule has 4 rings (SSSR count). The van der Waals surface area contributed by atoms with E-state index in [4.69, 9.17) is 11.5 Å². The first kappa shape index (κ1) is 20.7. The number of allylic oxidation sites excluding steroid dienone is 1. The van der Waals surface area contributed by atoms with Gasteiger partial charge in [-0.25, -0.2) is 0 Å². The van der Waals surface area contributed by atoms with Crippen LogP contribution in [0.4, 0.5) is 0 Å². The van der Waals surface area contributed by atoms with E-state index in [2.05, 4.69) is 11.8 Å². The van der Waals surface area contributed by atoms with Crippen molar-refractivity contribution < 1.29 is 34.8 Å². The van der Waals surface area contributed by atoms with Crippen molar-refractivity contribution in [3.8, 4) is 17.6 Å². The summed E-state index contributed by atoms with van der Waals surface area (Å²) in [7, 11) is 0. The summed E-state index contributed by atoms with van der Waals surface area (Å²) in [6.45, 7) is 1.62. The van der Waals surface area contributed by atoms with Crippen molar-refractivity contribution in [2.45, 2.75) is 37.3 Å². The summed E-state index contributed by atoms with van der Waals surface area (Å²) in [4.78, 5) is 37.9. The van der Waals surface area contributed by atoms with Crippen LogP contribution in [0, 0.1) is 17.8 Å². The fraction of sp³-hybridized carbons (Fsp3) is 0.318. The number of nitrogens with two attached hydrogens (primary N) is 2. The summed E-state index contributed by atoms with van der Waals surface area (Å²) in [5, 5.41) is 42.8. The third-order valence-corrected chi connectivity index (χ3v) is 6.38. The fourth-order valence-electron chi connectivity index (χ4n) is 5.00. The smallest absolute Gasteiger partial charge is 0.255 e. The van der Waals surface area contributed by atoms with E-state index in [1.165, 1.54) is 6.07 Å². The molecule has 0 aliphatic heterocycles. The Labute approximate surface area is 176 Å². The summed E-state index contributed by atoms with van der Waals surface area (Å²) in [5.74, 6) is -0.561. The second kappa shape index (κ2) is 6.44. The molecule has 0 unspecified atom stereocenters. The van der Waals surface area contributed by atoms with Gasteiger partial charge in [0.25, 0.3) is 5.91 Å². The molecule has 9 nitrogen and oxygen atoms in total. The quantitative estimate of drug-likeness (QED) is 0.269. The summed E-state index contributed by atoms with van der Waals surface area (Å²) >= 11 is 0. The third-order valence-electron chi connectivity index (χ3n) is 6.38. The number of phenols is 1. The Hall–Kier alpha value is -3.61. The van der Waals surface area contributed by atoms with E-state index in [0.29, 0.717) is 11.1 Å². The zero-order valence-corrected chi connectivity index (χ0v) is 16.5. The molecule has 0 spiro atoms. The van der Waals surface area contributed by atoms with Crippen LogP contribution in [0.2, 0.25) is 0 Å². The van der Waals surface area contributed by atoms with Crippen LogP contribution in [0.3, 0.4) is 0 Å². The zero-order valence-electron chi connectivity index (χ0n) is 16.5. The van der Waals surface area contributed by atoms with Gasteiger partial charge in [0.05, 0.1) is 11.1 Å². The molecule has 1 aromatic carbocycles. The lowest BCUT2D eigenvalue weighted by molar-refractivity contribution is -0.146. The molecule has 1 aromatic rings. The number of hydrogen-bond donors (Lipinski definition) is 6. The van der Waals surface area contributed by atoms with E-state index in [1.54, 1.807) is 13.0 Å². The molecule has 1 amide bonds. The summed E-state index contributed by atoms with van der Waals surface area (Å²) < 4.78 is 0. The van der Waals surface area contributed by atoms with Crippen LogP contribution in [-0.2, 0) is 16.0 Å². The molecular formula is C22H20N2O7. The number of aliphatic hydroxyl groups is 3. The van der Waals surface area contributed by atoms with Crippen LogP contribution in [0.1, 0.15) is 41.3 Å². The van der Waals surface area contributed by atoms with E-state index >= 15 is 0 Å². The molecule has 8 N–H and O–H groups in total. The lowest BCUT2D eigenvalue weighted by atomic mass is 9.56. The molecule has 0 heterocycles. The van der Waals surface area contributed by atoms with Gasteiger partial charge >= 0.3 is 0 Å². The average molecular weight is 424 g/mol. The molecule has 3 aliphatic carbocycles. The fourth-order valence-corrected chi connectivity index (χ4v) is 5.00. The highest BCUT2D eigenvalue weighted by Gasteiger charge is 2.66. The number of hydrogen-bond acceptors (Lipinski definition) is 8. The number of aromatic hydroxyl groups is 1. The largest absolute Gasteiger partial charge is 0.511 e. The average Bonchev–Trinajstić information content (AvgIpc) is 2.66. The molecule has 0 saturated heterocycles. The van der Waals surface area contributed by atoms with Gasteiger partial charge in [-0.3, -0.25) is 14.4 Å². The van der Waals surface area contributed by atoms with Crippen LogP contribution in [0.25, 0.3) is 0 Å². The SMILES string of the molecule is CC#Cc1ccc(O)c2c1C[C@H]1C[C@@]3(N)CC(O)=C(C(N)=O)C(=O)[C@@]3(O)C(O)=C1C2=O. The Morgan fingerprint density at radius 3 is 2.52 bits per heavy atom. The maximum Gasteiger partial charge on any atom is 0.255 e. The highest BCUT2D eigenvalue weighted by Crippen LogP contribution is 2.52. The predicted molar refractivity (Wildman–Crippen MR) is 107 cm³/mol. The first-order valence-electron chi connectivity index (χ1n) is 9.51. The van der Waals surface area contributed by atoms with Crippen LogP contribution in [-0.4, -0.2) is 49.0 Å². The molecule has 3 atom stereocenters. The minimum atomic E-state index is -2.83. The number of benzene rings is 1. The monoisotopic (exact) mass is 424 g/mol. The summed E-state index contributed by atoms with van der Waals surface area (Å²) in [6.07, 6.45) is -0.524. The summed E-state index contributed by atoms with van der Waals surface area (Å²) in [5.41, 5.74) is 6.53. The highest BCUT2D eigenvalue weighted by atomic mass is 16.4. The van der Waals surface area contributed by atoms with E-state index in [1.807, 2.05) is 0 Å². The second-order valence-electron chi connectivity index (χ2n) is 8.12. The molecule has 0 fully saturated rings. The van der Waals surface area contributed by atoms with Crippen molar-refractivity contribution in [3.05, 3.63) is 51.5 Å². The van der Waals surface area contributed by atoms with Crippen molar-refractivity contribution in [3.63, 3.8) is 0 Å². The van der Waals surface area contributed by atoms with Gasteiger partial charge in [0.15, 0.2) is 5.78 Å². The van der Waals surface area contributed by atoms with E-state index in [0.717, 1.165) is 0 Å². The van der Waals surface area contributed by atoms with Crippen LogP contribution in [0.15, 0.2) is 34.8 Å². The number of carbonyl (C=O) groups excluding carboxylic acids is 3. The Morgan fingerprint density at radius 2 is 1.90 bits per heavy atom. The van der Waals surface area contributed by atoms with Crippen molar-refractivity contribution in [1.29, 1.82) is 0 Å². The molecule has 0 radical (unpaired) electrons. The molecule has 0 aromatic heterocycles. The number of rotatable bonds is 1.